The zero-order valence-electron chi connectivity index (χ0n) is 9.33. The minimum absolute atomic E-state index is 0.104. The van der Waals surface area contributed by atoms with Crippen LogP contribution in [0.2, 0.25) is 0 Å². The Morgan fingerprint density at radius 3 is 2.94 bits per heavy atom. The molecule has 0 aromatic heterocycles. The molecule has 4 nitrogen and oxygen atoms in total. The summed E-state index contributed by atoms with van der Waals surface area (Å²) in [6.45, 7) is 1.76. The normalized spacial score (nSPS) is 8.88. The number of hydrogen-bond acceptors (Lipinski definition) is 3. The lowest BCUT2D eigenvalue weighted by Gasteiger charge is -2.02. The molecule has 0 heterocycles. The molecule has 0 unspecified atom stereocenters. The van der Waals surface area contributed by atoms with Crippen LogP contribution in [0.1, 0.15) is 12.5 Å². The summed E-state index contributed by atoms with van der Waals surface area (Å²) in [5, 5.41) is 2.58. The van der Waals surface area contributed by atoms with Crippen molar-refractivity contribution in [3.05, 3.63) is 23.8 Å². The number of nitrogens with two attached hydrogens (primary N) is 1. The van der Waals surface area contributed by atoms with E-state index in [4.69, 9.17) is 10.5 Å². The summed E-state index contributed by atoms with van der Waals surface area (Å²) < 4.78 is 5.06. The molecule has 1 rings (SSSR count). The Bertz CT molecular complexity index is 444. The zero-order chi connectivity index (χ0) is 12.0. The van der Waals surface area contributed by atoms with Gasteiger partial charge in [-0.05, 0) is 18.2 Å². The van der Waals surface area contributed by atoms with Crippen LogP contribution in [-0.2, 0) is 4.79 Å². The molecule has 0 bridgehead atoms. The van der Waals surface area contributed by atoms with Crippen molar-refractivity contribution in [3.63, 3.8) is 0 Å². The zero-order valence-corrected chi connectivity index (χ0v) is 9.33. The average molecular weight is 218 g/mol. The monoisotopic (exact) mass is 218 g/mol. The third-order valence-electron chi connectivity index (χ3n) is 1.91. The molecule has 0 aliphatic carbocycles. The van der Waals surface area contributed by atoms with Crippen molar-refractivity contribution < 1.29 is 9.53 Å². The molecule has 3 N–H and O–H groups in total. The highest BCUT2D eigenvalue weighted by Gasteiger charge is 1.97. The molecule has 0 saturated carbocycles. The summed E-state index contributed by atoms with van der Waals surface area (Å²) in [4.78, 5) is 10.6. The lowest BCUT2D eigenvalue weighted by Crippen LogP contribution is -2.19. The highest BCUT2D eigenvalue weighted by molar-refractivity contribution is 5.73. The molecule has 0 saturated heterocycles. The summed E-state index contributed by atoms with van der Waals surface area (Å²) in [7, 11) is 1.58. The molecule has 4 heteroatoms. The summed E-state index contributed by atoms with van der Waals surface area (Å²) in [6, 6.07) is 5.27. The lowest BCUT2D eigenvalue weighted by atomic mass is 10.2. The van der Waals surface area contributed by atoms with E-state index in [1.807, 2.05) is 0 Å². The molecule has 0 fully saturated rings. The van der Waals surface area contributed by atoms with Crippen LogP contribution in [0.4, 0.5) is 5.69 Å². The van der Waals surface area contributed by atoms with Crippen molar-refractivity contribution in [2.24, 2.45) is 0 Å². The van der Waals surface area contributed by atoms with Gasteiger partial charge < -0.3 is 15.8 Å². The number of nitrogens with one attached hydrogen (secondary N) is 1. The molecule has 0 aliphatic rings. The van der Waals surface area contributed by atoms with Crippen molar-refractivity contribution >= 4 is 11.6 Å². The predicted octanol–water partition coefficient (Wildman–Crippen LogP) is 0.765. The van der Waals surface area contributed by atoms with Crippen molar-refractivity contribution in [1.82, 2.24) is 5.32 Å². The quantitative estimate of drug-likeness (QED) is 0.569. The Labute approximate surface area is 94.8 Å². The number of nitrogen functional groups attached to an aromatic ring is 1. The summed E-state index contributed by atoms with van der Waals surface area (Å²) in [5.41, 5.74) is 7.03. The van der Waals surface area contributed by atoms with E-state index in [2.05, 4.69) is 17.2 Å². The second-order valence-electron chi connectivity index (χ2n) is 3.16. The molecular formula is C12H14N2O2. The molecule has 1 amide bonds. The van der Waals surface area contributed by atoms with Crippen LogP contribution in [0, 0.1) is 11.8 Å². The number of rotatable bonds is 2. The average Bonchev–Trinajstić information content (AvgIpc) is 2.26. The molecule has 1 aromatic rings. The van der Waals surface area contributed by atoms with Gasteiger partial charge in [0.15, 0.2) is 0 Å². The second-order valence-corrected chi connectivity index (χ2v) is 3.16. The van der Waals surface area contributed by atoms with Crippen LogP contribution < -0.4 is 15.8 Å². The van der Waals surface area contributed by atoms with Crippen LogP contribution in [0.5, 0.6) is 5.75 Å². The van der Waals surface area contributed by atoms with E-state index in [1.165, 1.54) is 6.92 Å². The highest BCUT2D eigenvalue weighted by Crippen LogP contribution is 2.18. The van der Waals surface area contributed by atoms with Gasteiger partial charge in [-0.15, -0.1) is 0 Å². The molecule has 0 spiro atoms. The largest absolute Gasteiger partial charge is 0.497 e. The summed E-state index contributed by atoms with van der Waals surface area (Å²) in [5.74, 6) is 6.28. The maximum absolute atomic E-state index is 10.6. The van der Waals surface area contributed by atoms with Crippen LogP contribution >= 0.6 is 0 Å². The van der Waals surface area contributed by atoms with E-state index < -0.39 is 0 Å². The summed E-state index contributed by atoms with van der Waals surface area (Å²) in [6.07, 6.45) is 0. The maximum Gasteiger partial charge on any atom is 0.217 e. The Balaban J connectivity index is 2.75. The fraction of sp³-hybridized carbons (Fsp3) is 0.250. The first-order chi connectivity index (χ1) is 7.63. The maximum atomic E-state index is 10.6. The Hall–Kier alpha value is -2.15. The minimum atomic E-state index is -0.104. The van der Waals surface area contributed by atoms with E-state index >= 15 is 0 Å². The number of amides is 1. The van der Waals surface area contributed by atoms with Gasteiger partial charge in [0, 0.05) is 12.6 Å². The van der Waals surface area contributed by atoms with Gasteiger partial charge in [-0.1, -0.05) is 11.8 Å². The molecule has 0 atom stereocenters. The molecular weight excluding hydrogens is 204 g/mol. The smallest absolute Gasteiger partial charge is 0.217 e. The number of anilines is 1. The number of hydrogen-bond donors (Lipinski definition) is 2. The third-order valence-corrected chi connectivity index (χ3v) is 1.91. The number of benzene rings is 1. The molecule has 16 heavy (non-hydrogen) atoms. The standard InChI is InChI=1S/C12H14N2O2/c1-9(15)14-7-3-4-10-8-11(16-2)5-6-12(10)13/h5-6,8H,7,13H2,1-2H3,(H,14,15). The van der Waals surface area contributed by atoms with Gasteiger partial charge in [-0.2, -0.15) is 0 Å². The van der Waals surface area contributed by atoms with E-state index in [9.17, 15) is 4.79 Å². The van der Waals surface area contributed by atoms with Crippen LogP contribution in [0.25, 0.3) is 0 Å². The predicted molar refractivity (Wildman–Crippen MR) is 63.0 cm³/mol. The van der Waals surface area contributed by atoms with Crippen molar-refractivity contribution in [1.29, 1.82) is 0 Å². The van der Waals surface area contributed by atoms with Gasteiger partial charge in [0.2, 0.25) is 5.91 Å². The SMILES string of the molecule is COc1ccc(N)c(C#CCNC(C)=O)c1. The number of methoxy groups -OCH3 is 1. The van der Waals surface area contributed by atoms with Crippen molar-refractivity contribution in [2.75, 3.05) is 19.4 Å². The Morgan fingerprint density at radius 1 is 1.56 bits per heavy atom. The topological polar surface area (TPSA) is 64.3 Å². The van der Waals surface area contributed by atoms with Crippen molar-refractivity contribution in [2.45, 2.75) is 6.92 Å². The van der Waals surface area contributed by atoms with E-state index in [0.29, 0.717) is 23.5 Å². The van der Waals surface area contributed by atoms with Crippen LogP contribution in [0.3, 0.4) is 0 Å². The van der Waals surface area contributed by atoms with Gasteiger partial charge >= 0.3 is 0 Å². The number of ether oxygens (including phenoxy) is 1. The summed E-state index contributed by atoms with van der Waals surface area (Å²) >= 11 is 0. The van der Waals surface area contributed by atoms with E-state index in [1.54, 1.807) is 25.3 Å². The van der Waals surface area contributed by atoms with Crippen LogP contribution in [0.15, 0.2) is 18.2 Å². The molecule has 0 radical (unpaired) electrons. The van der Waals surface area contributed by atoms with Gasteiger partial charge in [0.1, 0.15) is 5.75 Å². The number of carbonyl (C=O) groups is 1. The van der Waals surface area contributed by atoms with E-state index in [-0.39, 0.29) is 5.91 Å². The van der Waals surface area contributed by atoms with Crippen molar-refractivity contribution in [3.8, 4) is 17.6 Å². The van der Waals surface area contributed by atoms with Gasteiger partial charge in [0.25, 0.3) is 0 Å². The first kappa shape index (κ1) is 11.9. The van der Waals surface area contributed by atoms with Gasteiger partial charge in [-0.3, -0.25) is 4.79 Å². The third kappa shape index (κ3) is 3.54. The minimum Gasteiger partial charge on any atom is -0.497 e. The lowest BCUT2D eigenvalue weighted by molar-refractivity contribution is -0.118. The second kappa shape index (κ2) is 5.66. The molecule has 0 aliphatic heterocycles. The number of carbonyl (C=O) groups excluding carboxylic acids is 1. The Morgan fingerprint density at radius 2 is 2.31 bits per heavy atom. The fourth-order valence-electron chi connectivity index (χ4n) is 1.08. The first-order valence-electron chi connectivity index (χ1n) is 4.80. The fourth-order valence-corrected chi connectivity index (χ4v) is 1.08. The Kier molecular flexibility index (Phi) is 4.22. The molecule has 84 valence electrons. The first-order valence-corrected chi connectivity index (χ1v) is 4.80. The molecule has 1 aromatic carbocycles. The van der Waals surface area contributed by atoms with Crippen LogP contribution in [-0.4, -0.2) is 19.6 Å². The highest BCUT2D eigenvalue weighted by atomic mass is 16.5. The van der Waals surface area contributed by atoms with Gasteiger partial charge in [-0.25, -0.2) is 0 Å². The van der Waals surface area contributed by atoms with Gasteiger partial charge in [0.05, 0.1) is 19.2 Å². The van der Waals surface area contributed by atoms with E-state index in [0.717, 1.165) is 0 Å².